The summed E-state index contributed by atoms with van der Waals surface area (Å²) in [7, 11) is 2.01. The van der Waals surface area contributed by atoms with E-state index in [9.17, 15) is 14.1 Å². The monoisotopic (exact) mass is 543 g/mol. The van der Waals surface area contributed by atoms with Crippen LogP contribution in [0.25, 0.3) is 16.9 Å². The van der Waals surface area contributed by atoms with E-state index in [1.165, 1.54) is 12.1 Å². The zero-order chi connectivity index (χ0) is 27.4. The number of aromatic nitrogens is 3. The predicted molar refractivity (Wildman–Crippen MR) is 146 cm³/mol. The number of likely N-dealkylation sites (N-methyl/N-ethyl adjacent to an activating group) is 1. The summed E-state index contributed by atoms with van der Waals surface area (Å²) in [5.41, 5.74) is 5.67. The average Bonchev–Trinajstić information content (AvgIpc) is 3.68. The van der Waals surface area contributed by atoms with Crippen LogP contribution in [0.15, 0.2) is 48.8 Å². The minimum Gasteiger partial charge on any atom is -0.374 e. The van der Waals surface area contributed by atoms with Crippen molar-refractivity contribution in [2.75, 3.05) is 43.7 Å². The van der Waals surface area contributed by atoms with Crippen LogP contribution in [0.2, 0.25) is 0 Å². The number of pyridine rings is 2. The Hall–Kier alpha value is -4.42. The second-order valence-electron chi connectivity index (χ2n) is 10.4. The first-order valence-electron chi connectivity index (χ1n) is 13.3. The number of nitroso groups, excluding NO2 is 1. The van der Waals surface area contributed by atoms with Crippen LogP contribution < -0.4 is 15.6 Å². The fourth-order valence-electron chi connectivity index (χ4n) is 5.72. The predicted octanol–water partition coefficient (Wildman–Crippen LogP) is 3.26. The summed E-state index contributed by atoms with van der Waals surface area (Å²) in [5, 5.41) is 8.03. The van der Waals surface area contributed by atoms with E-state index in [1.807, 2.05) is 35.7 Å². The van der Waals surface area contributed by atoms with Crippen molar-refractivity contribution in [2.24, 2.45) is 0 Å². The Morgan fingerprint density at radius 3 is 2.95 bits per heavy atom. The van der Waals surface area contributed by atoms with Crippen LogP contribution in [0.1, 0.15) is 28.0 Å². The van der Waals surface area contributed by atoms with E-state index in [0.717, 1.165) is 39.6 Å². The van der Waals surface area contributed by atoms with E-state index in [4.69, 9.17) is 9.72 Å². The lowest BCUT2D eigenvalue weighted by Crippen LogP contribution is -2.43. The van der Waals surface area contributed by atoms with Crippen molar-refractivity contribution < 1.29 is 18.8 Å². The summed E-state index contributed by atoms with van der Waals surface area (Å²) in [6.45, 7) is 3.25. The topological polar surface area (TPSA) is 107 Å². The molecule has 11 nitrogen and oxygen atoms in total. The molecule has 2 N–H and O–H groups in total. The molecule has 3 aliphatic rings. The summed E-state index contributed by atoms with van der Waals surface area (Å²) >= 11 is 0. The molecule has 1 amide bonds. The van der Waals surface area contributed by atoms with Gasteiger partial charge in [-0.15, -0.1) is 5.01 Å². The summed E-state index contributed by atoms with van der Waals surface area (Å²) in [4.78, 5) is 38.6. The molecule has 6 heterocycles. The lowest BCUT2D eigenvalue weighted by Gasteiger charge is -2.18. The fourth-order valence-corrected chi connectivity index (χ4v) is 5.72. The number of fused-ring (bicyclic) bond motifs is 3. The van der Waals surface area contributed by atoms with Crippen LogP contribution in [0, 0.1) is 10.7 Å². The van der Waals surface area contributed by atoms with Gasteiger partial charge in [-0.1, -0.05) is 6.07 Å². The SMILES string of the molecule is CN1CCN([N+](=O)[C@H]2CCOC2)c2ccc(Nc3ccc(-c4cnc5cc(F)ccn45)c4c3C(=O)NC4)nc2C1. The van der Waals surface area contributed by atoms with E-state index in [1.54, 1.807) is 17.4 Å². The number of rotatable bonds is 5. The molecule has 0 unspecified atom stereocenters. The molecule has 40 heavy (non-hydrogen) atoms. The van der Waals surface area contributed by atoms with Gasteiger partial charge in [0, 0.05) is 43.9 Å². The van der Waals surface area contributed by atoms with Gasteiger partial charge in [-0.25, -0.2) is 14.4 Å². The Kier molecular flexibility index (Phi) is 5.93. The van der Waals surface area contributed by atoms with Gasteiger partial charge in [0.2, 0.25) is 0 Å². The quantitative estimate of drug-likeness (QED) is 0.370. The number of nitrogens with zero attached hydrogens (tertiary/aromatic N) is 6. The maximum absolute atomic E-state index is 13.7. The molecule has 0 bridgehead atoms. The summed E-state index contributed by atoms with van der Waals surface area (Å²) < 4.78 is 21.0. The number of hydrogen-bond donors (Lipinski definition) is 2. The molecule has 1 atom stereocenters. The molecule has 1 aromatic carbocycles. The highest BCUT2D eigenvalue weighted by Gasteiger charge is 2.38. The van der Waals surface area contributed by atoms with Crippen LogP contribution >= 0.6 is 0 Å². The van der Waals surface area contributed by atoms with E-state index >= 15 is 0 Å². The largest absolute Gasteiger partial charge is 0.374 e. The Balaban J connectivity index is 1.23. The highest BCUT2D eigenvalue weighted by Crippen LogP contribution is 2.36. The number of nitrogens with one attached hydrogen (secondary N) is 2. The van der Waals surface area contributed by atoms with Gasteiger partial charge in [-0.3, -0.25) is 14.1 Å². The zero-order valence-electron chi connectivity index (χ0n) is 21.9. The molecule has 3 aliphatic heterocycles. The van der Waals surface area contributed by atoms with Gasteiger partial charge in [0.15, 0.2) is 0 Å². The van der Waals surface area contributed by atoms with Crippen molar-refractivity contribution in [3.8, 4) is 11.3 Å². The van der Waals surface area contributed by atoms with Crippen molar-refractivity contribution >= 4 is 28.7 Å². The Labute approximate surface area is 229 Å². The number of halogens is 1. The highest BCUT2D eigenvalue weighted by molar-refractivity contribution is 6.06. The molecule has 1 saturated heterocycles. The van der Waals surface area contributed by atoms with E-state index in [-0.39, 0.29) is 17.8 Å². The van der Waals surface area contributed by atoms with Crippen molar-refractivity contribution in [3.63, 3.8) is 0 Å². The van der Waals surface area contributed by atoms with Crippen LogP contribution in [-0.2, 0) is 17.8 Å². The number of anilines is 3. The van der Waals surface area contributed by atoms with E-state index in [2.05, 4.69) is 20.5 Å². The number of imidazole rings is 1. The molecule has 0 aliphatic carbocycles. The lowest BCUT2D eigenvalue weighted by molar-refractivity contribution is -0.595. The minimum atomic E-state index is -0.357. The molecular weight excluding hydrogens is 515 g/mol. The Morgan fingerprint density at radius 1 is 1.20 bits per heavy atom. The van der Waals surface area contributed by atoms with Crippen molar-refractivity contribution in [1.29, 1.82) is 0 Å². The first-order valence-corrected chi connectivity index (χ1v) is 13.3. The number of carbonyl (C=O) groups is 1. The second-order valence-corrected chi connectivity index (χ2v) is 10.4. The van der Waals surface area contributed by atoms with E-state index < -0.39 is 0 Å². The van der Waals surface area contributed by atoms with Gasteiger partial charge in [-0.05, 0) is 36.9 Å². The Bertz CT molecular complexity index is 1670. The fraction of sp³-hybridized carbons (Fsp3) is 0.321. The molecule has 4 aromatic rings. The van der Waals surface area contributed by atoms with Crippen LogP contribution in [0.3, 0.4) is 0 Å². The molecule has 12 heteroatoms. The highest BCUT2D eigenvalue weighted by atomic mass is 19.1. The third-order valence-electron chi connectivity index (χ3n) is 7.78. The number of ether oxygens (including phenoxy) is 1. The number of hydrogen-bond acceptors (Lipinski definition) is 7. The van der Waals surface area contributed by atoms with Gasteiger partial charge in [-0.2, -0.15) is 0 Å². The number of benzene rings is 1. The number of carbonyl (C=O) groups excluding carboxylic acids is 1. The van der Waals surface area contributed by atoms with Crippen molar-refractivity contribution in [2.45, 2.75) is 25.6 Å². The smallest absolute Gasteiger partial charge is 0.260 e. The van der Waals surface area contributed by atoms with Gasteiger partial charge < -0.3 is 15.4 Å². The summed E-state index contributed by atoms with van der Waals surface area (Å²) in [6, 6.07) is 10.1. The second kappa shape index (κ2) is 9.65. The molecule has 0 spiro atoms. The maximum atomic E-state index is 13.7. The third kappa shape index (κ3) is 4.16. The summed E-state index contributed by atoms with van der Waals surface area (Å²) in [6.07, 6.45) is 4.03. The maximum Gasteiger partial charge on any atom is 0.260 e. The number of amides is 1. The first kappa shape index (κ1) is 24.6. The number of hydrazine groups is 1. The molecule has 0 saturated carbocycles. The zero-order valence-corrected chi connectivity index (χ0v) is 21.9. The van der Waals surface area contributed by atoms with Gasteiger partial charge in [0.05, 0.1) is 46.9 Å². The molecule has 7 rings (SSSR count). The third-order valence-corrected chi connectivity index (χ3v) is 7.78. The van der Waals surface area contributed by atoms with Gasteiger partial charge in [0.25, 0.3) is 11.9 Å². The standard InChI is InChI=1S/C28H27FN8O3/c1-34-9-10-36(37(39)18-7-11-40-16-18)23-4-5-25(33-22(23)15-34)32-21-3-2-19(20-13-31-28(38)27(20)21)24-14-30-26-12-17(29)6-8-35(24)26/h2-6,8,12,14,18H,7,9-11,13,15-16H2,1H3,(H-,31,32,33,38)/p+1/t18-/m0/s1. The van der Waals surface area contributed by atoms with Crippen molar-refractivity contribution in [1.82, 2.24) is 24.6 Å². The average molecular weight is 544 g/mol. The van der Waals surface area contributed by atoms with E-state index in [0.29, 0.717) is 62.0 Å². The van der Waals surface area contributed by atoms with Crippen LogP contribution in [-0.4, -0.2) is 69.4 Å². The van der Waals surface area contributed by atoms with Crippen LogP contribution in [0.4, 0.5) is 21.6 Å². The van der Waals surface area contributed by atoms with Gasteiger partial charge >= 0.3 is 0 Å². The lowest BCUT2D eigenvalue weighted by atomic mass is 9.99. The Morgan fingerprint density at radius 2 is 2.10 bits per heavy atom. The normalized spacial score (nSPS) is 18.9. The van der Waals surface area contributed by atoms with Crippen molar-refractivity contribution in [3.05, 3.63) is 76.3 Å². The van der Waals surface area contributed by atoms with Gasteiger partial charge in [0.1, 0.15) is 34.4 Å². The molecule has 204 valence electrons. The first-order chi connectivity index (χ1) is 19.5. The van der Waals surface area contributed by atoms with Crippen LogP contribution in [0.5, 0.6) is 0 Å². The molecular formula is C28H28FN8O3+. The summed E-state index contributed by atoms with van der Waals surface area (Å²) in [5.74, 6) is 0.0422. The molecule has 0 radical (unpaired) electrons. The minimum absolute atomic E-state index is 0.180. The molecule has 1 fully saturated rings. The molecule has 3 aromatic heterocycles.